The predicted molar refractivity (Wildman–Crippen MR) is 197 cm³/mol. The fourth-order valence-electron chi connectivity index (χ4n) is 8.63. The third-order valence-corrected chi connectivity index (χ3v) is 11.4. The molecule has 1 unspecified atom stereocenters. The number of carbonyl (C=O) groups excluding carboxylic acids is 1. The highest BCUT2D eigenvalue weighted by molar-refractivity contribution is 5.93. The monoisotopic (exact) mass is 747 g/mol. The Hall–Kier alpha value is -4.71. The lowest BCUT2D eigenvalue weighted by Crippen LogP contribution is -2.65. The van der Waals surface area contributed by atoms with Crippen LogP contribution < -0.4 is 19.1 Å². The van der Waals surface area contributed by atoms with Gasteiger partial charge in [-0.05, 0) is 69.2 Å². The lowest BCUT2D eigenvalue weighted by atomic mass is 9.79. The van der Waals surface area contributed by atoms with Crippen LogP contribution in [0.4, 0.5) is 14.6 Å². The number of hydrogen-bond acceptors (Lipinski definition) is 11. The number of aromatic nitrogens is 2. The summed E-state index contributed by atoms with van der Waals surface area (Å²) in [7, 11) is 1.82. The second kappa shape index (κ2) is 14.8. The minimum Gasteiger partial charge on any atom is -0.508 e. The number of fused-ring (bicyclic) bond motifs is 2. The van der Waals surface area contributed by atoms with Crippen LogP contribution in [0.2, 0.25) is 0 Å². The molecule has 14 heteroatoms. The molecule has 0 spiro atoms. The van der Waals surface area contributed by atoms with E-state index in [4.69, 9.17) is 30.4 Å². The van der Waals surface area contributed by atoms with E-state index in [9.17, 15) is 19.4 Å². The Morgan fingerprint density at radius 1 is 1.26 bits per heavy atom. The first-order valence-electron chi connectivity index (χ1n) is 18.4. The summed E-state index contributed by atoms with van der Waals surface area (Å²) in [5.41, 5.74) is -2.08. The van der Waals surface area contributed by atoms with Gasteiger partial charge >= 0.3 is 6.01 Å². The number of phenols is 1. The summed E-state index contributed by atoms with van der Waals surface area (Å²) in [5.74, 6) is 2.18. The van der Waals surface area contributed by atoms with Gasteiger partial charge in [0.1, 0.15) is 31.0 Å². The molecule has 4 aliphatic rings. The van der Waals surface area contributed by atoms with Crippen molar-refractivity contribution in [1.29, 1.82) is 0 Å². The van der Waals surface area contributed by atoms with Crippen molar-refractivity contribution in [3.63, 3.8) is 0 Å². The van der Waals surface area contributed by atoms with E-state index in [0.717, 1.165) is 12.8 Å². The largest absolute Gasteiger partial charge is 0.508 e. The number of anilines is 1. The van der Waals surface area contributed by atoms with Gasteiger partial charge in [0, 0.05) is 69.3 Å². The zero-order chi connectivity index (χ0) is 38.4. The molecule has 0 bridgehead atoms. The first kappa shape index (κ1) is 37.6. The maximum absolute atomic E-state index is 15.4. The van der Waals surface area contributed by atoms with Crippen molar-refractivity contribution in [2.75, 3.05) is 58.0 Å². The SMILES string of the molecule is C#Cc1c(F)ccc2cc(O)cc(C3COc4c(nc(OC[C@]5(C(C)(C)O)C[C@@H](F)CN5C5CCOCC5)nc4N(C)C[C@@H]4CCCN4C(=O)C=C)O3)c12. The molecule has 0 aliphatic carbocycles. The Labute approximate surface area is 313 Å². The number of terminal acetylenes is 1. The third-order valence-electron chi connectivity index (χ3n) is 11.4. The van der Waals surface area contributed by atoms with E-state index in [1.165, 1.54) is 30.3 Å². The van der Waals surface area contributed by atoms with Crippen LogP contribution in [0.15, 0.2) is 36.9 Å². The normalized spacial score (nSPS) is 24.8. The molecule has 7 rings (SSSR count). The maximum Gasteiger partial charge on any atom is 0.322 e. The summed E-state index contributed by atoms with van der Waals surface area (Å²) in [5, 5.41) is 23.2. The molecule has 1 aromatic heterocycles. The molecule has 2 N–H and O–H groups in total. The van der Waals surface area contributed by atoms with Gasteiger partial charge in [-0.3, -0.25) is 9.69 Å². The average Bonchev–Trinajstić information content (AvgIpc) is 3.77. The highest BCUT2D eigenvalue weighted by atomic mass is 19.1. The number of alkyl halides is 1. The Balaban J connectivity index is 1.27. The van der Waals surface area contributed by atoms with E-state index in [-0.39, 0.29) is 73.1 Å². The molecule has 5 heterocycles. The zero-order valence-corrected chi connectivity index (χ0v) is 30.9. The van der Waals surface area contributed by atoms with Crippen molar-refractivity contribution >= 4 is 22.5 Å². The van der Waals surface area contributed by atoms with E-state index in [0.29, 0.717) is 61.3 Å². The van der Waals surface area contributed by atoms with Crippen molar-refractivity contribution in [2.24, 2.45) is 0 Å². The topological polar surface area (TPSA) is 130 Å². The third kappa shape index (κ3) is 6.89. The van der Waals surface area contributed by atoms with Crippen LogP contribution in [0, 0.1) is 18.2 Å². The van der Waals surface area contributed by atoms with Crippen LogP contribution >= 0.6 is 0 Å². The van der Waals surface area contributed by atoms with E-state index in [1.807, 2.05) is 16.8 Å². The van der Waals surface area contributed by atoms with Crippen LogP contribution in [0.5, 0.6) is 23.4 Å². The quantitative estimate of drug-likeness (QED) is 0.221. The van der Waals surface area contributed by atoms with Crippen molar-refractivity contribution in [1.82, 2.24) is 19.8 Å². The number of ether oxygens (including phenoxy) is 4. The molecule has 0 saturated carbocycles. The Bertz CT molecular complexity index is 1960. The fourth-order valence-corrected chi connectivity index (χ4v) is 8.63. The second-order valence-electron chi connectivity index (χ2n) is 15.2. The zero-order valence-electron chi connectivity index (χ0n) is 30.9. The highest BCUT2D eigenvalue weighted by Gasteiger charge is 2.57. The van der Waals surface area contributed by atoms with Crippen LogP contribution in [-0.4, -0.2) is 118 Å². The smallest absolute Gasteiger partial charge is 0.322 e. The van der Waals surface area contributed by atoms with Gasteiger partial charge in [-0.1, -0.05) is 18.6 Å². The minimum absolute atomic E-state index is 0.0133. The number of nitrogens with zero attached hydrogens (tertiary/aromatic N) is 5. The number of amides is 1. The molecule has 4 atom stereocenters. The number of benzene rings is 2. The van der Waals surface area contributed by atoms with Gasteiger partial charge in [0.25, 0.3) is 5.88 Å². The van der Waals surface area contributed by atoms with Gasteiger partial charge in [-0.15, -0.1) is 6.42 Å². The molecule has 4 aliphatic heterocycles. The van der Waals surface area contributed by atoms with Crippen molar-refractivity contribution in [3.8, 4) is 35.7 Å². The summed E-state index contributed by atoms with van der Waals surface area (Å²) >= 11 is 0. The number of carbonyl (C=O) groups is 1. The maximum atomic E-state index is 15.4. The van der Waals surface area contributed by atoms with Crippen LogP contribution in [0.3, 0.4) is 0 Å². The van der Waals surface area contributed by atoms with Gasteiger partial charge in [0.15, 0.2) is 11.9 Å². The van der Waals surface area contributed by atoms with Gasteiger partial charge < -0.3 is 39.0 Å². The predicted octanol–water partition coefficient (Wildman–Crippen LogP) is 4.69. The number of likely N-dealkylation sites (tertiary alicyclic amines) is 2. The van der Waals surface area contributed by atoms with Crippen molar-refractivity contribution in [3.05, 3.63) is 53.9 Å². The number of aliphatic hydroxyl groups is 1. The lowest BCUT2D eigenvalue weighted by Gasteiger charge is -2.49. The molecule has 1 amide bonds. The number of halogens is 2. The minimum atomic E-state index is -1.38. The Morgan fingerprint density at radius 3 is 2.76 bits per heavy atom. The summed E-state index contributed by atoms with van der Waals surface area (Å²) in [6.07, 6.45) is 8.04. The summed E-state index contributed by atoms with van der Waals surface area (Å²) < 4.78 is 55.2. The number of likely N-dealkylation sites (N-methyl/N-ethyl adjacent to an activating group) is 1. The molecular weight excluding hydrogens is 700 g/mol. The van der Waals surface area contributed by atoms with E-state index >= 15 is 4.39 Å². The molecule has 3 saturated heterocycles. The first-order chi connectivity index (χ1) is 25.8. The van der Waals surface area contributed by atoms with Crippen molar-refractivity contribution < 1.29 is 42.7 Å². The molecule has 3 fully saturated rings. The summed E-state index contributed by atoms with van der Waals surface area (Å²) in [4.78, 5) is 27.7. The second-order valence-corrected chi connectivity index (χ2v) is 15.2. The molecule has 2 aromatic carbocycles. The summed E-state index contributed by atoms with van der Waals surface area (Å²) in [6.45, 7) is 9.05. The van der Waals surface area contributed by atoms with E-state index < -0.39 is 29.2 Å². The molecular formula is C40H47F2N5O7. The fraction of sp³-hybridized carbons (Fsp3) is 0.525. The van der Waals surface area contributed by atoms with Crippen LogP contribution in [-0.2, 0) is 9.53 Å². The van der Waals surface area contributed by atoms with E-state index in [1.54, 1.807) is 18.7 Å². The molecule has 3 aromatic rings. The van der Waals surface area contributed by atoms with Gasteiger partial charge in [0.2, 0.25) is 11.7 Å². The number of aromatic hydroxyl groups is 1. The Morgan fingerprint density at radius 2 is 2.04 bits per heavy atom. The standard InChI is InChI=1S/C40H47F2N5O7/c1-6-29-31(42)11-10-24-17-28(48)18-30(34(24)29)32-22-52-35-36(45(5)21-27-9-8-14-46(27)33(49)7-2)43-38(44-37(35)54-32)53-23-40(39(3,4)50)19-25(41)20-47(40)26-12-15-51-16-13-26/h1,7,10-11,17-18,25-27,32,48,50H,2,8-9,12-16,19-23H2,3-5H3/t25-,27+,32?,40+/m1/s1. The molecule has 12 nitrogen and oxygen atoms in total. The lowest BCUT2D eigenvalue weighted by molar-refractivity contribution is -0.126. The first-order valence-corrected chi connectivity index (χ1v) is 18.4. The van der Waals surface area contributed by atoms with Gasteiger partial charge in [0.05, 0.1) is 16.7 Å². The molecule has 54 heavy (non-hydrogen) atoms. The van der Waals surface area contributed by atoms with Crippen LogP contribution in [0.1, 0.15) is 63.2 Å². The number of phenolic OH excluding ortho intramolecular Hbond substituents is 1. The summed E-state index contributed by atoms with van der Waals surface area (Å²) in [6, 6.07) is 5.50. The number of hydrogen-bond donors (Lipinski definition) is 2. The van der Waals surface area contributed by atoms with Crippen molar-refractivity contribution in [2.45, 2.75) is 81.5 Å². The van der Waals surface area contributed by atoms with E-state index in [2.05, 4.69) is 17.5 Å². The van der Waals surface area contributed by atoms with Gasteiger partial charge in [-0.25, -0.2) is 8.78 Å². The molecule has 0 radical (unpaired) electrons. The Kier molecular flexibility index (Phi) is 10.3. The highest BCUT2D eigenvalue weighted by Crippen LogP contribution is 2.46. The van der Waals surface area contributed by atoms with Crippen LogP contribution in [0.25, 0.3) is 10.8 Å². The van der Waals surface area contributed by atoms with Gasteiger partial charge in [-0.2, -0.15) is 9.97 Å². The average molecular weight is 748 g/mol. The number of rotatable bonds is 10. The molecule has 288 valence electrons.